The van der Waals surface area contributed by atoms with Crippen LogP contribution in [-0.2, 0) is 0 Å². The number of para-hydroxylation sites is 3. The van der Waals surface area contributed by atoms with E-state index >= 15 is 0 Å². The molecule has 7 heterocycles. The van der Waals surface area contributed by atoms with E-state index in [-0.39, 0.29) is 12.6 Å². The number of fused-ring (bicyclic) bond motifs is 14. The summed E-state index contributed by atoms with van der Waals surface area (Å²) in [4.78, 5) is 10.1. The lowest BCUT2D eigenvalue weighted by Crippen LogP contribution is -2.59. The van der Waals surface area contributed by atoms with Gasteiger partial charge in [-0.1, -0.05) is 115 Å². The van der Waals surface area contributed by atoms with Crippen LogP contribution in [0.15, 0.2) is 176 Å². The lowest BCUT2D eigenvalue weighted by molar-refractivity contribution is 0.904. The number of hydrogen-bond donors (Lipinski definition) is 0. The van der Waals surface area contributed by atoms with E-state index in [9.17, 15) is 0 Å². The molecule has 0 fully saturated rings. The molecule has 0 radical (unpaired) electrons. The van der Waals surface area contributed by atoms with E-state index in [0.29, 0.717) is 0 Å². The number of aromatic nitrogens is 5. The molecule has 6 heteroatoms. The Kier molecular flexibility index (Phi) is 5.58. The molecule has 262 valence electrons. The van der Waals surface area contributed by atoms with Gasteiger partial charge in [-0.25, -0.2) is 0 Å². The molecule has 1 aliphatic carbocycles. The first-order valence-corrected chi connectivity index (χ1v) is 19.7. The van der Waals surface area contributed by atoms with Gasteiger partial charge in [0, 0.05) is 62.6 Å². The Labute approximate surface area is 327 Å². The molecule has 6 aromatic carbocycles. The van der Waals surface area contributed by atoms with Crippen LogP contribution in [0.3, 0.4) is 0 Å². The molecule has 14 rings (SSSR count). The quantitative estimate of drug-likeness (QED) is 0.171. The molecule has 57 heavy (non-hydrogen) atoms. The van der Waals surface area contributed by atoms with Gasteiger partial charge in [-0.15, -0.1) is 0 Å². The fourth-order valence-corrected chi connectivity index (χ4v) is 11.0. The highest BCUT2D eigenvalue weighted by Gasteiger charge is 2.45. The maximum atomic E-state index is 5.10. The molecule has 11 aromatic rings. The van der Waals surface area contributed by atoms with Crippen molar-refractivity contribution < 1.29 is 0 Å². The standard InChI is InChI=1S/C51H30BN5/c1-3-14-30(15-4-1)43-33-18-7-8-19-34(33)44-35-20-11-22-37-48(35)56(50(43)44)41-28-31(39-24-9-10-26-53-39)29-42-46(41)52(37)38-23-12-21-36-45-47-40(25-13-27-54-47)55(32-16-5-2-6-17-32)51(45)57(42)49(36)38/h1-29,43H. The summed E-state index contributed by atoms with van der Waals surface area (Å²) >= 11 is 0. The minimum Gasteiger partial charge on any atom is -0.313 e. The summed E-state index contributed by atoms with van der Waals surface area (Å²) in [7, 11) is 0. The largest absolute Gasteiger partial charge is 0.313 e. The van der Waals surface area contributed by atoms with Crippen LogP contribution in [0.4, 0.5) is 0 Å². The van der Waals surface area contributed by atoms with Crippen LogP contribution in [0.2, 0.25) is 0 Å². The van der Waals surface area contributed by atoms with Crippen molar-refractivity contribution in [1.82, 2.24) is 23.7 Å². The van der Waals surface area contributed by atoms with Crippen molar-refractivity contribution in [2.24, 2.45) is 0 Å². The average Bonchev–Trinajstić information content (AvgIpc) is 4.00. The van der Waals surface area contributed by atoms with E-state index in [0.717, 1.165) is 33.6 Å². The summed E-state index contributed by atoms with van der Waals surface area (Å²) in [5.74, 6) is 0.0795. The van der Waals surface area contributed by atoms with Gasteiger partial charge >= 0.3 is 0 Å². The van der Waals surface area contributed by atoms with Gasteiger partial charge in [-0.2, -0.15) is 0 Å². The zero-order valence-electron chi connectivity index (χ0n) is 30.6. The summed E-state index contributed by atoms with van der Waals surface area (Å²) in [5.41, 5.74) is 22.1. The molecule has 5 nitrogen and oxygen atoms in total. The molecular weight excluding hydrogens is 693 g/mol. The molecule has 1 unspecified atom stereocenters. The number of benzene rings is 6. The van der Waals surface area contributed by atoms with Crippen molar-refractivity contribution in [3.05, 3.63) is 193 Å². The zero-order valence-corrected chi connectivity index (χ0v) is 30.6. The summed E-state index contributed by atoms with van der Waals surface area (Å²) < 4.78 is 7.64. The summed E-state index contributed by atoms with van der Waals surface area (Å²) in [6.45, 7) is 0.0315. The average molecular weight is 724 g/mol. The van der Waals surface area contributed by atoms with E-state index in [4.69, 9.17) is 9.97 Å². The lowest BCUT2D eigenvalue weighted by atomic mass is 9.34. The van der Waals surface area contributed by atoms with Crippen LogP contribution in [0.25, 0.3) is 83.3 Å². The van der Waals surface area contributed by atoms with Gasteiger partial charge < -0.3 is 4.57 Å². The molecule has 0 saturated carbocycles. The second-order valence-corrected chi connectivity index (χ2v) is 15.7. The van der Waals surface area contributed by atoms with E-state index in [1.54, 1.807) is 0 Å². The van der Waals surface area contributed by atoms with E-state index in [2.05, 4.69) is 171 Å². The van der Waals surface area contributed by atoms with Crippen molar-refractivity contribution in [3.8, 4) is 39.4 Å². The smallest absolute Gasteiger partial charge is 0.252 e. The van der Waals surface area contributed by atoms with Gasteiger partial charge in [-0.05, 0) is 81.6 Å². The Morgan fingerprint density at radius 1 is 0.544 bits per heavy atom. The second-order valence-electron chi connectivity index (χ2n) is 15.7. The number of rotatable bonds is 3. The first-order chi connectivity index (χ1) is 28.3. The molecule has 1 atom stereocenters. The van der Waals surface area contributed by atoms with E-state index in [1.165, 1.54) is 82.9 Å². The third-order valence-corrected chi connectivity index (χ3v) is 13.0. The van der Waals surface area contributed by atoms with Crippen LogP contribution in [0.1, 0.15) is 22.7 Å². The molecule has 0 N–H and O–H groups in total. The third kappa shape index (κ3) is 3.62. The predicted molar refractivity (Wildman–Crippen MR) is 233 cm³/mol. The molecule has 3 aliphatic rings. The molecular formula is C51H30BN5. The van der Waals surface area contributed by atoms with Crippen LogP contribution < -0.4 is 16.4 Å². The fourth-order valence-electron chi connectivity index (χ4n) is 11.0. The number of nitrogens with zero attached hydrogens (tertiary/aromatic N) is 5. The SMILES string of the molecule is c1ccc(C2c3ccccc3-c3c2n2c4c(cccc34)B3c4c-2cc(-c2ccccn2)cc4-n2c4c3cccc4c3c4ncccc4n(-c4ccccc4)c32)cc1. The Bertz CT molecular complexity index is 3520. The Balaban J connectivity index is 1.20. The van der Waals surface area contributed by atoms with Crippen LogP contribution >= 0.6 is 0 Å². The van der Waals surface area contributed by atoms with Gasteiger partial charge in [-0.3, -0.25) is 19.1 Å². The summed E-state index contributed by atoms with van der Waals surface area (Å²) in [6.07, 6.45) is 3.84. The molecule has 2 aliphatic heterocycles. The van der Waals surface area contributed by atoms with Gasteiger partial charge in [0.05, 0.1) is 33.5 Å². The minimum absolute atomic E-state index is 0.0315. The summed E-state index contributed by atoms with van der Waals surface area (Å²) in [5, 5.41) is 3.72. The van der Waals surface area contributed by atoms with Crippen LogP contribution in [-0.4, -0.2) is 30.4 Å². The Morgan fingerprint density at radius 3 is 2.05 bits per heavy atom. The Hall–Kier alpha value is -7.44. The highest BCUT2D eigenvalue weighted by Crippen LogP contribution is 2.54. The molecule has 0 spiro atoms. The summed E-state index contributed by atoms with van der Waals surface area (Å²) in [6, 6.07) is 60.2. The van der Waals surface area contributed by atoms with Gasteiger partial charge in [0.25, 0.3) is 6.71 Å². The lowest BCUT2D eigenvalue weighted by Gasteiger charge is -2.35. The number of hydrogen-bond acceptors (Lipinski definition) is 2. The highest BCUT2D eigenvalue weighted by atomic mass is 15.2. The van der Waals surface area contributed by atoms with Crippen molar-refractivity contribution in [2.45, 2.75) is 5.92 Å². The zero-order chi connectivity index (χ0) is 36.9. The highest BCUT2D eigenvalue weighted by molar-refractivity contribution is 7.00. The molecule has 0 bridgehead atoms. The van der Waals surface area contributed by atoms with E-state index < -0.39 is 0 Å². The van der Waals surface area contributed by atoms with E-state index in [1.807, 2.05) is 18.5 Å². The maximum absolute atomic E-state index is 5.10. The first-order valence-electron chi connectivity index (χ1n) is 19.7. The molecule has 0 saturated heterocycles. The van der Waals surface area contributed by atoms with Gasteiger partial charge in [0.1, 0.15) is 5.65 Å². The molecule has 0 amide bonds. The van der Waals surface area contributed by atoms with Crippen molar-refractivity contribution in [1.29, 1.82) is 0 Å². The van der Waals surface area contributed by atoms with Crippen molar-refractivity contribution in [2.75, 3.05) is 0 Å². The van der Waals surface area contributed by atoms with Crippen LogP contribution in [0.5, 0.6) is 0 Å². The molecule has 5 aromatic heterocycles. The Morgan fingerprint density at radius 2 is 1.25 bits per heavy atom. The van der Waals surface area contributed by atoms with Crippen LogP contribution in [0, 0.1) is 0 Å². The fraction of sp³-hybridized carbons (Fsp3) is 0.0196. The topological polar surface area (TPSA) is 40.6 Å². The minimum atomic E-state index is 0.0315. The monoisotopic (exact) mass is 723 g/mol. The predicted octanol–water partition coefficient (Wildman–Crippen LogP) is 9.43. The first kappa shape index (κ1) is 29.9. The maximum Gasteiger partial charge on any atom is 0.252 e. The van der Waals surface area contributed by atoms with Gasteiger partial charge in [0.2, 0.25) is 0 Å². The van der Waals surface area contributed by atoms with Crippen molar-refractivity contribution in [3.63, 3.8) is 0 Å². The number of pyridine rings is 2. The van der Waals surface area contributed by atoms with Gasteiger partial charge in [0.15, 0.2) is 0 Å². The van der Waals surface area contributed by atoms with Crippen molar-refractivity contribution >= 4 is 67.0 Å². The second kappa shape index (κ2) is 10.7. The normalized spacial score (nSPS) is 14.5. The third-order valence-electron chi connectivity index (χ3n) is 13.0.